The second-order valence-corrected chi connectivity index (χ2v) is 23.5. The van der Waals surface area contributed by atoms with Crippen molar-refractivity contribution in [3.63, 3.8) is 0 Å². The average molecular weight is 982 g/mol. The molecule has 7 rings (SSSR count). The molecule has 392 valence electrons. The van der Waals surface area contributed by atoms with Crippen LogP contribution in [-0.2, 0) is 11.8 Å². The van der Waals surface area contributed by atoms with Gasteiger partial charge in [-0.05, 0) is 148 Å². The predicted molar refractivity (Wildman–Crippen MR) is 319 cm³/mol. The highest BCUT2D eigenvalue weighted by molar-refractivity contribution is 5.72. The van der Waals surface area contributed by atoms with E-state index in [1.165, 1.54) is 67.0 Å². The van der Waals surface area contributed by atoms with Gasteiger partial charge < -0.3 is 0 Å². The zero-order valence-corrected chi connectivity index (χ0v) is 49.0. The Morgan fingerprint density at radius 2 is 1.00 bits per heavy atom. The van der Waals surface area contributed by atoms with Crippen LogP contribution in [0, 0.1) is 42.4 Å². The Balaban J connectivity index is 0.000000264. The van der Waals surface area contributed by atoms with E-state index in [0.717, 1.165) is 37.3 Å². The van der Waals surface area contributed by atoms with E-state index in [-0.39, 0.29) is 5.41 Å². The molecule has 4 nitrogen and oxygen atoms in total. The van der Waals surface area contributed by atoms with Crippen LogP contribution in [0.4, 0.5) is 0 Å². The van der Waals surface area contributed by atoms with Gasteiger partial charge in [-0.15, -0.1) is 0 Å². The number of aryl methyl sites for hydroxylation is 1. The molecule has 5 aromatic carbocycles. The molecular formula is C69H96N4. The maximum absolute atomic E-state index is 4.94. The number of imidazole rings is 2. The number of nitrogens with zero attached hydrogens (tertiary/aromatic N) is 4. The molecule has 0 amide bonds. The third-order valence-corrected chi connectivity index (χ3v) is 15.4. The van der Waals surface area contributed by atoms with Crippen LogP contribution in [0.15, 0.2) is 134 Å². The summed E-state index contributed by atoms with van der Waals surface area (Å²) in [5.41, 5.74) is 16.1. The fraction of sp³-hybridized carbons (Fsp3) is 0.478. The van der Waals surface area contributed by atoms with Gasteiger partial charge in [-0.25, -0.2) is 9.97 Å². The summed E-state index contributed by atoms with van der Waals surface area (Å²) < 4.78 is 4.78. The first-order chi connectivity index (χ1) is 34.8. The third kappa shape index (κ3) is 14.0. The molecule has 0 radical (unpaired) electrons. The molecule has 0 aliphatic rings. The highest BCUT2D eigenvalue weighted by atomic mass is 15.1. The van der Waals surface area contributed by atoms with Crippen molar-refractivity contribution in [3.8, 4) is 45.3 Å². The summed E-state index contributed by atoms with van der Waals surface area (Å²) in [5, 5.41) is 0. The molecule has 3 atom stereocenters. The van der Waals surface area contributed by atoms with Gasteiger partial charge >= 0.3 is 0 Å². The molecular weight excluding hydrogens is 885 g/mol. The Labute approximate surface area is 445 Å². The van der Waals surface area contributed by atoms with E-state index in [1.54, 1.807) is 0 Å². The Bertz CT molecular complexity index is 2710. The smallest absolute Gasteiger partial charge is 0.144 e. The van der Waals surface area contributed by atoms with E-state index in [1.807, 2.05) is 26.2 Å². The molecule has 0 spiro atoms. The van der Waals surface area contributed by atoms with E-state index < -0.39 is 0 Å². The summed E-state index contributed by atoms with van der Waals surface area (Å²) >= 11 is 0. The zero-order valence-electron chi connectivity index (χ0n) is 49.0. The summed E-state index contributed by atoms with van der Waals surface area (Å²) in [6.07, 6.45) is 12.8. The van der Waals surface area contributed by atoms with E-state index in [2.05, 4.69) is 248 Å². The molecule has 0 saturated heterocycles. The van der Waals surface area contributed by atoms with Crippen LogP contribution in [0.3, 0.4) is 0 Å². The van der Waals surface area contributed by atoms with E-state index in [4.69, 9.17) is 9.97 Å². The van der Waals surface area contributed by atoms with Gasteiger partial charge in [0.2, 0.25) is 0 Å². The molecule has 0 aliphatic heterocycles. The minimum atomic E-state index is 0.0451. The minimum Gasteiger partial charge on any atom is -0.299 e. The first-order valence-electron chi connectivity index (χ1n) is 28.4. The van der Waals surface area contributed by atoms with E-state index in [0.29, 0.717) is 53.3 Å². The highest BCUT2D eigenvalue weighted by Crippen LogP contribution is 2.43. The number of rotatable bonds is 18. The number of benzene rings is 5. The Morgan fingerprint density at radius 3 is 1.49 bits per heavy atom. The zero-order chi connectivity index (χ0) is 53.7. The van der Waals surface area contributed by atoms with Gasteiger partial charge in [0.25, 0.3) is 0 Å². The fourth-order valence-corrected chi connectivity index (χ4v) is 11.8. The SMILES string of the molecule is CC.CCC(c1cccc(C(CC)C(C)C)c1-n1ccnc1-c1ccccc1C(C)(C)C)C(C)C.Cc1ccccc1-c1nccn1-c1c(CC(C(C)C)C(C)C)cc(-c2ccccc2)cc1C(C)CC(C)C. The summed E-state index contributed by atoms with van der Waals surface area (Å²) in [5.74, 6) is 7.13. The monoisotopic (exact) mass is 981 g/mol. The van der Waals surface area contributed by atoms with Crippen molar-refractivity contribution < 1.29 is 0 Å². The topological polar surface area (TPSA) is 35.6 Å². The number of hydrogen-bond acceptors (Lipinski definition) is 2. The first-order valence-corrected chi connectivity index (χ1v) is 28.4. The van der Waals surface area contributed by atoms with Crippen molar-refractivity contribution in [2.75, 3.05) is 0 Å². The van der Waals surface area contributed by atoms with Crippen LogP contribution in [-0.4, -0.2) is 19.1 Å². The first kappa shape index (κ1) is 58.4. The van der Waals surface area contributed by atoms with Gasteiger partial charge in [0, 0.05) is 35.9 Å². The second-order valence-electron chi connectivity index (χ2n) is 23.5. The lowest BCUT2D eigenvalue weighted by atomic mass is 9.78. The van der Waals surface area contributed by atoms with Gasteiger partial charge in [-0.3, -0.25) is 9.13 Å². The van der Waals surface area contributed by atoms with Crippen LogP contribution >= 0.6 is 0 Å². The Kier molecular flexibility index (Phi) is 21.3. The van der Waals surface area contributed by atoms with Crippen LogP contribution in [0.25, 0.3) is 45.3 Å². The molecule has 73 heavy (non-hydrogen) atoms. The summed E-state index contributed by atoms with van der Waals surface area (Å²) in [4.78, 5) is 9.86. The van der Waals surface area contributed by atoms with Gasteiger partial charge in [0.1, 0.15) is 11.6 Å². The standard InChI is InChI=1S/C36H46N2.C31H44N2.C2H6/c1-24(2)20-28(8)34-22-30(29-15-10-9-11-16-29)21-31(23-33(25(3)4)26(5)6)35(34)38-19-18-37-36(38)32-17-13-12-14-27(32)7;1-10-23(21(3)4)25-16-14-17-26(24(11-2)22(5)6)29(25)33-20-19-32-30(33)27-15-12-13-18-28(27)31(7,8)9;1-2/h9-19,21-22,24-26,28,33H,20,23H2,1-8H3;12-24H,10-11H2,1-9H3;1-2H3. The van der Waals surface area contributed by atoms with Crippen molar-refractivity contribution in [3.05, 3.63) is 167 Å². The molecule has 2 heterocycles. The van der Waals surface area contributed by atoms with Crippen molar-refractivity contribution >= 4 is 0 Å². The van der Waals surface area contributed by atoms with Crippen LogP contribution in [0.5, 0.6) is 0 Å². The molecule has 2 aromatic heterocycles. The van der Waals surface area contributed by atoms with E-state index in [9.17, 15) is 0 Å². The summed E-state index contributed by atoms with van der Waals surface area (Å²) in [7, 11) is 0. The lowest BCUT2D eigenvalue weighted by molar-refractivity contribution is 0.286. The largest absolute Gasteiger partial charge is 0.299 e. The average Bonchev–Trinajstić information content (AvgIpc) is 4.05. The molecule has 0 saturated carbocycles. The molecule has 0 aliphatic carbocycles. The molecule has 4 heteroatoms. The number of aromatic nitrogens is 4. The third-order valence-electron chi connectivity index (χ3n) is 15.4. The lowest BCUT2D eigenvalue weighted by Crippen LogP contribution is -2.20. The molecule has 0 bridgehead atoms. The molecule has 7 aromatic rings. The van der Waals surface area contributed by atoms with Crippen LogP contribution < -0.4 is 0 Å². The Hall–Kier alpha value is -5.48. The van der Waals surface area contributed by atoms with Gasteiger partial charge in [-0.2, -0.15) is 0 Å². The fourth-order valence-electron chi connectivity index (χ4n) is 11.8. The quantitative estimate of drug-likeness (QED) is 0.0859. The summed E-state index contributed by atoms with van der Waals surface area (Å²) in [6.45, 7) is 43.7. The molecule has 0 N–H and O–H groups in total. The van der Waals surface area contributed by atoms with Gasteiger partial charge in [0.15, 0.2) is 0 Å². The van der Waals surface area contributed by atoms with Crippen LogP contribution in [0.2, 0.25) is 0 Å². The van der Waals surface area contributed by atoms with Gasteiger partial charge in [-0.1, -0.05) is 222 Å². The normalized spacial score (nSPS) is 13.1. The van der Waals surface area contributed by atoms with Crippen molar-refractivity contribution in [1.82, 2.24) is 19.1 Å². The van der Waals surface area contributed by atoms with E-state index >= 15 is 0 Å². The molecule has 0 fully saturated rings. The predicted octanol–water partition coefficient (Wildman–Crippen LogP) is 20.3. The van der Waals surface area contributed by atoms with Gasteiger partial charge in [0.05, 0.1) is 11.4 Å². The maximum Gasteiger partial charge on any atom is 0.144 e. The maximum atomic E-state index is 4.94. The molecule has 3 unspecified atom stereocenters. The minimum absolute atomic E-state index is 0.0451. The van der Waals surface area contributed by atoms with Crippen LogP contribution in [0.1, 0.15) is 195 Å². The van der Waals surface area contributed by atoms with Crippen molar-refractivity contribution in [1.29, 1.82) is 0 Å². The lowest BCUT2D eigenvalue weighted by Gasteiger charge is -2.30. The summed E-state index contributed by atoms with van der Waals surface area (Å²) in [6, 6.07) is 40.2. The second kappa shape index (κ2) is 26.6. The van der Waals surface area contributed by atoms with Crippen molar-refractivity contribution in [2.45, 2.75) is 180 Å². The Morgan fingerprint density at radius 1 is 0.507 bits per heavy atom. The number of hydrogen-bond donors (Lipinski definition) is 0. The number of para-hydroxylation sites is 1. The highest BCUT2D eigenvalue weighted by Gasteiger charge is 2.29. The van der Waals surface area contributed by atoms with Crippen molar-refractivity contribution in [2.24, 2.45) is 35.5 Å².